The summed E-state index contributed by atoms with van der Waals surface area (Å²) < 4.78 is 29.0. The second-order valence-corrected chi connectivity index (χ2v) is 7.90. The summed E-state index contributed by atoms with van der Waals surface area (Å²) in [5.74, 6) is -0.00258. The summed E-state index contributed by atoms with van der Waals surface area (Å²) in [6, 6.07) is 6.54. The Bertz CT molecular complexity index is 866. The van der Waals surface area contributed by atoms with Gasteiger partial charge in [0.15, 0.2) is 0 Å². The second-order valence-electron chi connectivity index (χ2n) is 6.25. The van der Waals surface area contributed by atoms with Crippen LogP contribution in [0.2, 0.25) is 0 Å². The Labute approximate surface area is 147 Å². The number of anilines is 1. The first-order valence-corrected chi connectivity index (χ1v) is 9.77. The standard InChI is InChI=1S/C17H22N4O3S/c1-13-16(12-18-20(13)2)25(23,24)19-15-8-6-14(7-9-15)17(22)21-10-4-3-5-11-21/h6-9,12,19H,3-5,10-11H2,1-2H3. The Morgan fingerprint density at radius 1 is 1.12 bits per heavy atom. The molecule has 134 valence electrons. The van der Waals surface area contributed by atoms with E-state index in [0.29, 0.717) is 16.9 Å². The van der Waals surface area contributed by atoms with Crippen molar-refractivity contribution in [1.29, 1.82) is 0 Å². The van der Waals surface area contributed by atoms with Crippen LogP contribution >= 0.6 is 0 Å². The number of nitrogens with one attached hydrogen (secondary N) is 1. The molecule has 0 bridgehead atoms. The molecule has 1 aliphatic rings. The fourth-order valence-corrected chi connectivity index (χ4v) is 4.18. The number of carbonyl (C=O) groups is 1. The van der Waals surface area contributed by atoms with Gasteiger partial charge < -0.3 is 4.90 Å². The van der Waals surface area contributed by atoms with Crippen molar-refractivity contribution in [1.82, 2.24) is 14.7 Å². The van der Waals surface area contributed by atoms with E-state index >= 15 is 0 Å². The molecule has 0 spiro atoms. The summed E-state index contributed by atoms with van der Waals surface area (Å²) in [6.07, 6.45) is 4.56. The van der Waals surface area contributed by atoms with E-state index in [-0.39, 0.29) is 10.8 Å². The van der Waals surface area contributed by atoms with Gasteiger partial charge in [0, 0.05) is 31.4 Å². The first-order chi connectivity index (χ1) is 11.9. The SMILES string of the molecule is Cc1c(S(=O)(=O)Nc2ccc(C(=O)N3CCCCC3)cc2)cnn1C. The van der Waals surface area contributed by atoms with Gasteiger partial charge in [0.2, 0.25) is 0 Å². The van der Waals surface area contributed by atoms with Crippen LogP contribution in [-0.4, -0.2) is 42.1 Å². The Morgan fingerprint density at radius 3 is 2.32 bits per heavy atom. The second kappa shape index (κ2) is 6.87. The lowest BCUT2D eigenvalue weighted by atomic mass is 10.1. The van der Waals surface area contributed by atoms with Crippen LogP contribution < -0.4 is 4.72 Å². The summed E-state index contributed by atoms with van der Waals surface area (Å²) in [6.45, 7) is 3.27. The van der Waals surface area contributed by atoms with Crippen molar-refractivity contribution in [2.45, 2.75) is 31.1 Å². The first-order valence-electron chi connectivity index (χ1n) is 8.29. The van der Waals surface area contributed by atoms with Gasteiger partial charge in [-0.15, -0.1) is 0 Å². The Kier molecular flexibility index (Phi) is 4.80. The predicted molar refractivity (Wildman–Crippen MR) is 95.0 cm³/mol. The van der Waals surface area contributed by atoms with Gasteiger partial charge in [-0.3, -0.25) is 14.2 Å². The van der Waals surface area contributed by atoms with E-state index in [1.54, 1.807) is 38.2 Å². The molecule has 2 aromatic rings. The highest BCUT2D eigenvalue weighted by Crippen LogP contribution is 2.20. The molecular weight excluding hydrogens is 340 g/mol. The molecule has 3 rings (SSSR count). The number of likely N-dealkylation sites (tertiary alicyclic amines) is 1. The van der Waals surface area contributed by atoms with E-state index in [9.17, 15) is 13.2 Å². The summed E-state index contributed by atoms with van der Waals surface area (Å²) in [4.78, 5) is 14.4. The molecule has 1 saturated heterocycles. The number of sulfonamides is 1. The van der Waals surface area contributed by atoms with E-state index in [0.717, 1.165) is 32.4 Å². The molecule has 0 unspecified atom stereocenters. The zero-order valence-corrected chi connectivity index (χ0v) is 15.2. The highest BCUT2D eigenvalue weighted by molar-refractivity contribution is 7.92. The number of nitrogens with zero attached hydrogens (tertiary/aromatic N) is 3. The highest BCUT2D eigenvalue weighted by Gasteiger charge is 2.21. The molecule has 1 aromatic heterocycles. The average Bonchev–Trinajstić information content (AvgIpc) is 2.95. The molecule has 0 atom stereocenters. The third-order valence-corrected chi connectivity index (χ3v) is 5.99. The predicted octanol–water partition coefficient (Wildman–Crippen LogP) is 2.16. The van der Waals surface area contributed by atoms with Crippen LogP contribution in [-0.2, 0) is 17.1 Å². The fraction of sp³-hybridized carbons (Fsp3) is 0.412. The van der Waals surface area contributed by atoms with E-state index in [2.05, 4.69) is 9.82 Å². The lowest BCUT2D eigenvalue weighted by Gasteiger charge is -2.26. The molecule has 1 aromatic carbocycles. The fourth-order valence-electron chi connectivity index (χ4n) is 2.91. The number of aromatic nitrogens is 2. The molecule has 8 heteroatoms. The molecule has 0 saturated carbocycles. The van der Waals surface area contributed by atoms with E-state index in [4.69, 9.17) is 0 Å². The molecule has 1 N–H and O–H groups in total. The topological polar surface area (TPSA) is 84.3 Å². The number of aryl methyl sites for hydroxylation is 1. The Hall–Kier alpha value is -2.35. The van der Waals surface area contributed by atoms with Crippen molar-refractivity contribution in [2.75, 3.05) is 17.8 Å². The molecule has 0 radical (unpaired) electrons. The summed E-state index contributed by atoms with van der Waals surface area (Å²) in [5.41, 5.74) is 1.55. The molecule has 1 fully saturated rings. The third-order valence-electron chi connectivity index (χ3n) is 4.51. The van der Waals surface area contributed by atoms with Crippen LogP contribution in [0.5, 0.6) is 0 Å². The summed E-state index contributed by atoms with van der Waals surface area (Å²) in [7, 11) is -2.02. The minimum Gasteiger partial charge on any atom is -0.339 e. The van der Waals surface area contributed by atoms with Crippen LogP contribution in [0.3, 0.4) is 0 Å². The van der Waals surface area contributed by atoms with Crippen molar-refractivity contribution < 1.29 is 13.2 Å². The van der Waals surface area contributed by atoms with Gasteiger partial charge in [-0.25, -0.2) is 8.42 Å². The quantitative estimate of drug-likeness (QED) is 0.903. The molecule has 0 aliphatic carbocycles. The van der Waals surface area contributed by atoms with Crippen molar-refractivity contribution in [2.24, 2.45) is 7.05 Å². The lowest BCUT2D eigenvalue weighted by Crippen LogP contribution is -2.35. The number of piperidine rings is 1. The van der Waals surface area contributed by atoms with Gasteiger partial charge in [0.1, 0.15) is 4.90 Å². The van der Waals surface area contributed by atoms with Crippen molar-refractivity contribution in [3.8, 4) is 0 Å². The van der Waals surface area contributed by atoms with Crippen LogP contribution in [0.1, 0.15) is 35.3 Å². The number of rotatable bonds is 4. The number of amides is 1. The number of benzene rings is 1. The minimum atomic E-state index is -3.71. The summed E-state index contributed by atoms with van der Waals surface area (Å²) >= 11 is 0. The van der Waals surface area contributed by atoms with Crippen LogP contribution in [0.4, 0.5) is 5.69 Å². The van der Waals surface area contributed by atoms with Gasteiger partial charge in [0.05, 0.1) is 11.9 Å². The maximum atomic E-state index is 12.5. The van der Waals surface area contributed by atoms with Gasteiger partial charge in [-0.2, -0.15) is 5.10 Å². The van der Waals surface area contributed by atoms with Gasteiger partial charge in [-0.1, -0.05) is 0 Å². The van der Waals surface area contributed by atoms with Crippen molar-refractivity contribution >= 4 is 21.6 Å². The van der Waals surface area contributed by atoms with E-state index < -0.39 is 10.0 Å². The maximum Gasteiger partial charge on any atom is 0.265 e. The molecule has 7 nitrogen and oxygen atoms in total. The highest BCUT2D eigenvalue weighted by atomic mass is 32.2. The van der Waals surface area contributed by atoms with Gasteiger partial charge in [0.25, 0.3) is 15.9 Å². The van der Waals surface area contributed by atoms with Gasteiger partial charge >= 0.3 is 0 Å². The zero-order chi connectivity index (χ0) is 18.0. The van der Waals surface area contributed by atoms with E-state index in [1.165, 1.54) is 10.9 Å². The first kappa shape index (κ1) is 17.5. The molecule has 2 heterocycles. The Morgan fingerprint density at radius 2 is 1.76 bits per heavy atom. The van der Waals surface area contributed by atoms with E-state index in [1.807, 2.05) is 4.90 Å². The average molecular weight is 362 g/mol. The minimum absolute atomic E-state index is 0.00258. The largest absolute Gasteiger partial charge is 0.339 e. The molecule has 1 aliphatic heterocycles. The van der Waals surface area contributed by atoms with Crippen LogP contribution in [0.15, 0.2) is 35.4 Å². The lowest BCUT2D eigenvalue weighted by molar-refractivity contribution is 0.0724. The number of hydrogen-bond acceptors (Lipinski definition) is 4. The number of hydrogen-bond donors (Lipinski definition) is 1. The number of carbonyl (C=O) groups excluding carboxylic acids is 1. The van der Waals surface area contributed by atoms with Crippen LogP contribution in [0, 0.1) is 6.92 Å². The van der Waals surface area contributed by atoms with Gasteiger partial charge in [-0.05, 0) is 50.5 Å². The normalized spacial score (nSPS) is 15.2. The van der Waals surface area contributed by atoms with Crippen molar-refractivity contribution in [3.05, 3.63) is 41.7 Å². The smallest absolute Gasteiger partial charge is 0.265 e. The monoisotopic (exact) mass is 362 g/mol. The third kappa shape index (κ3) is 3.68. The summed E-state index contributed by atoms with van der Waals surface area (Å²) in [5, 5.41) is 3.96. The zero-order valence-electron chi connectivity index (χ0n) is 14.4. The van der Waals surface area contributed by atoms with Crippen LogP contribution in [0.25, 0.3) is 0 Å². The maximum absolute atomic E-state index is 12.5. The van der Waals surface area contributed by atoms with Crippen molar-refractivity contribution in [3.63, 3.8) is 0 Å². The Balaban J connectivity index is 1.74. The molecule has 25 heavy (non-hydrogen) atoms. The molecule has 1 amide bonds. The molecular formula is C17H22N4O3S.